The average molecular weight is 291 g/mol. The van der Waals surface area contributed by atoms with Crippen molar-refractivity contribution in [2.75, 3.05) is 19.6 Å². The molecule has 1 aliphatic heterocycles. The van der Waals surface area contributed by atoms with Crippen LogP contribution >= 0.6 is 7.95 Å². The van der Waals surface area contributed by atoms with Crippen molar-refractivity contribution < 1.29 is 19.3 Å². The van der Waals surface area contributed by atoms with Gasteiger partial charge in [-0.25, -0.2) is 5.84 Å². The van der Waals surface area contributed by atoms with Crippen molar-refractivity contribution in [3.05, 3.63) is 0 Å². The quantitative estimate of drug-likeness (QED) is 0.285. The Morgan fingerprint density at radius 1 is 1.63 bits per heavy atom. The minimum Gasteiger partial charge on any atom is -0.480 e. The normalized spacial score (nSPS) is 24.4. The fourth-order valence-electron chi connectivity index (χ4n) is 1.98. The van der Waals surface area contributed by atoms with Crippen LogP contribution in [0.2, 0.25) is 0 Å². The summed E-state index contributed by atoms with van der Waals surface area (Å²) in [7, 11) is -2.26. The van der Waals surface area contributed by atoms with Gasteiger partial charge in [0.05, 0.1) is 0 Å². The molecular weight excluding hydrogens is 271 g/mol. The van der Waals surface area contributed by atoms with Crippen LogP contribution in [0.1, 0.15) is 26.2 Å². The first-order valence-electron chi connectivity index (χ1n) is 6.18. The fraction of sp³-hybridized carbons (Fsp3) is 0.800. The number of hydrazine groups is 1. The topological polar surface area (TPSA) is 125 Å². The SMILES string of the molecule is CCCN[C@]1([P+](=O)NCC(=O)O)CCCN(N)C1=O. The molecule has 19 heavy (non-hydrogen) atoms. The summed E-state index contributed by atoms with van der Waals surface area (Å²) in [6.45, 7) is 2.39. The van der Waals surface area contributed by atoms with E-state index in [2.05, 4.69) is 10.4 Å². The van der Waals surface area contributed by atoms with Gasteiger partial charge in [0.25, 0.3) is 0 Å². The van der Waals surface area contributed by atoms with E-state index in [0.717, 1.165) is 11.4 Å². The molecule has 0 aromatic rings. The predicted molar refractivity (Wildman–Crippen MR) is 69.4 cm³/mol. The zero-order valence-corrected chi connectivity index (χ0v) is 11.8. The number of aliphatic carboxylic acids is 1. The van der Waals surface area contributed by atoms with E-state index in [4.69, 9.17) is 10.9 Å². The van der Waals surface area contributed by atoms with Crippen molar-refractivity contribution in [2.45, 2.75) is 31.5 Å². The van der Waals surface area contributed by atoms with Gasteiger partial charge in [-0.3, -0.25) is 19.9 Å². The molecule has 5 N–H and O–H groups in total. The molecule has 0 spiro atoms. The van der Waals surface area contributed by atoms with Crippen LogP contribution in [0.15, 0.2) is 0 Å². The van der Waals surface area contributed by atoms with Gasteiger partial charge < -0.3 is 5.11 Å². The van der Waals surface area contributed by atoms with Crippen LogP contribution in [0.3, 0.4) is 0 Å². The third-order valence-corrected chi connectivity index (χ3v) is 4.65. The van der Waals surface area contributed by atoms with E-state index >= 15 is 0 Å². The summed E-state index contributed by atoms with van der Waals surface area (Å²) in [5.41, 5.74) is 0. The number of hydrogen-bond donors (Lipinski definition) is 4. The lowest BCUT2D eigenvalue weighted by Gasteiger charge is -2.32. The van der Waals surface area contributed by atoms with Gasteiger partial charge in [0.1, 0.15) is 6.54 Å². The number of rotatable bonds is 7. The molecule has 1 rings (SSSR count). The molecule has 0 aliphatic carbocycles. The number of carbonyl (C=O) groups excluding carboxylic acids is 1. The minimum absolute atomic E-state index is 0.376. The molecule has 1 aliphatic rings. The van der Waals surface area contributed by atoms with Crippen molar-refractivity contribution in [1.29, 1.82) is 0 Å². The number of nitrogens with zero attached hydrogens (tertiary/aromatic N) is 1. The lowest BCUT2D eigenvalue weighted by Crippen LogP contribution is -2.62. The summed E-state index contributed by atoms with van der Waals surface area (Å²) in [5, 5.41) is 13.7. The number of carbonyl (C=O) groups is 2. The Kier molecular flexibility index (Phi) is 5.81. The summed E-state index contributed by atoms with van der Waals surface area (Å²) in [6.07, 6.45) is 1.76. The van der Waals surface area contributed by atoms with Crippen molar-refractivity contribution in [2.24, 2.45) is 5.84 Å². The zero-order valence-electron chi connectivity index (χ0n) is 10.9. The first-order chi connectivity index (χ1) is 8.94. The predicted octanol–water partition coefficient (Wildman–Crippen LogP) is -0.405. The van der Waals surface area contributed by atoms with Gasteiger partial charge in [-0.05, 0) is 24.0 Å². The highest BCUT2D eigenvalue weighted by molar-refractivity contribution is 7.45. The average Bonchev–Trinajstić information content (AvgIpc) is 2.38. The molecule has 0 radical (unpaired) electrons. The van der Waals surface area contributed by atoms with E-state index in [1.807, 2.05) is 6.92 Å². The summed E-state index contributed by atoms with van der Waals surface area (Å²) in [5.74, 6) is 4.01. The van der Waals surface area contributed by atoms with Crippen molar-refractivity contribution in [1.82, 2.24) is 15.4 Å². The molecular formula is C10H20N4O4P+. The van der Waals surface area contributed by atoms with E-state index in [-0.39, 0.29) is 0 Å². The van der Waals surface area contributed by atoms with Crippen LogP contribution in [0.4, 0.5) is 0 Å². The molecule has 1 heterocycles. The summed E-state index contributed by atoms with van der Waals surface area (Å²) >= 11 is 0. The summed E-state index contributed by atoms with van der Waals surface area (Å²) < 4.78 is 12.3. The minimum atomic E-state index is -2.26. The highest BCUT2D eigenvalue weighted by Crippen LogP contribution is 2.40. The second-order valence-corrected chi connectivity index (χ2v) is 6.08. The summed E-state index contributed by atoms with van der Waals surface area (Å²) in [4.78, 5) is 22.7. The highest BCUT2D eigenvalue weighted by Gasteiger charge is 2.59. The standard InChI is InChI=1S/C10H19N4O4P/c1-2-5-12-10(19(18)13-7-8(15)16)4-3-6-14(11)9(10)17/h12H,2-7,11H2,1H3,(H-,13,15,16,18)/p+1/t10-/m0/s1. The van der Waals surface area contributed by atoms with Crippen LogP contribution in [0.25, 0.3) is 0 Å². The van der Waals surface area contributed by atoms with Gasteiger partial charge in [0.15, 0.2) is 0 Å². The number of carboxylic acid groups (broad SMARTS) is 1. The van der Waals surface area contributed by atoms with Crippen molar-refractivity contribution in [3.63, 3.8) is 0 Å². The molecule has 108 valence electrons. The van der Waals surface area contributed by atoms with Crippen LogP contribution in [0, 0.1) is 0 Å². The second-order valence-electron chi connectivity index (χ2n) is 4.41. The van der Waals surface area contributed by atoms with Crippen molar-refractivity contribution in [3.8, 4) is 0 Å². The van der Waals surface area contributed by atoms with E-state index in [1.165, 1.54) is 0 Å². The van der Waals surface area contributed by atoms with Crippen molar-refractivity contribution >= 4 is 19.8 Å². The van der Waals surface area contributed by atoms with Crippen LogP contribution < -0.4 is 16.2 Å². The van der Waals surface area contributed by atoms with Gasteiger partial charge in [-0.1, -0.05) is 12.0 Å². The molecule has 1 fully saturated rings. The third kappa shape index (κ3) is 3.70. The molecule has 0 aromatic carbocycles. The van der Waals surface area contributed by atoms with Gasteiger partial charge in [-0.2, -0.15) is 0 Å². The third-order valence-electron chi connectivity index (χ3n) is 2.94. The highest BCUT2D eigenvalue weighted by atomic mass is 31.1. The van der Waals surface area contributed by atoms with E-state index in [1.54, 1.807) is 0 Å². The summed E-state index contributed by atoms with van der Waals surface area (Å²) in [6, 6.07) is 0. The molecule has 1 amide bonds. The van der Waals surface area contributed by atoms with Gasteiger partial charge in [0.2, 0.25) is 0 Å². The molecule has 0 saturated carbocycles. The largest absolute Gasteiger partial charge is 0.480 e. The van der Waals surface area contributed by atoms with E-state index < -0.39 is 31.7 Å². The maximum atomic E-state index is 12.3. The zero-order chi connectivity index (χ0) is 14.5. The fourth-order valence-corrected chi connectivity index (χ4v) is 3.45. The second kappa shape index (κ2) is 6.91. The smallest absolute Gasteiger partial charge is 0.465 e. The van der Waals surface area contributed by atoms with Crippen LogP contribution in [-0.2, 0) is 14.2 Å². The van der Waals surface area contributed by atoms with E-state index in [0.29, 0.717) is 25.9 Å². The number of hydrogen-bond acceptors (Lipinski definition) is 5. The Balaban J connectivity index is 2.88. The Morgan fingerprint density at radius 3 is 2.89 bits per heavy atom. The van der Waals surface area contributed by atoms with Gasteiger partial charge in [-0.15, -0.1) is 0 Å². The lowest BCUT2D eigenvalue weighted by molar-refractivity contribution is -0.138. The van der Waals surface area contributed by atoms with Gasteiger partial charge >= 0.3 is 25.1 Å². The molecule has 1 unspecified atom stereocenters. The monoisotopic (exact) mass is 291 g/mol. The first kappa shape index (κ1) is 16.0. The Labute approximate surface area is 112 Å². The number of amides is 1. The molecule has 8 nitrogen and oxygen atoms in total. The van der Waals surface area contributed by atoms with Crippen LogP contribution in [-0.4, -0.2) is 46.9 Å². The molecule has 0 aromatic heterocycles. The van der Waals surface area contributed by atoms with Gasteiger partial charge in [0, 0.05) is 13.0 Å². The number of nitrogens with one attached hydrogen (secondary N) is 2. The Bertz CT molecular complexity index is 379. The Hall–Kier alpha value is -1.08. The number of piperidine rings is 1. The number of nitrogens with two attached hydrogens (primary N) is 1. The number of carboxylic acids is 1. The molecule has 0 bridgehead atoms. The maximum Gasteiger partial charge on any atom is 0.465 e. The maximum absolute atomic E-state index is 12.3. The lowest BCUT2D eigenvalue weighted by atomic mass is 10.1. The molecule has 2 atom stereocenters. The molecule has 9 heteroatoms. The first-order valence-corrected chi connectivity index (χ1v) is 7.44. The Morgan fingerprint density at radius 2 is 2.32 bits per heavy atom. The molecule has 1 saturated heterocycles. The van der Waals surface area contributed by atoms with Crippen LogP contribution in [0.5, 0.6) is 0 Å². The van der Waals surface area contributed by atoms with E-state index in [9.17, 15) is 14.2 Å².